The van der Waals surface area contributed by atoms with E-state index in [0.29, 0.717) is 6.54 Å². The van der Waals surface area contributed by atoms with Crippen LogP contribution in [0.25, 0.3) is 0 Å². The number of unbranched alkanes of at least 4 members (excludes halogenated alkanes) is 9. The normalized spacial score (nSPS) is 11.9. The van der Waals surface area contributed by atoms with E-state index in [0.717, 1.165) is 6.42 Å². The molecule has 23 heavy (non-hydrogen) atoms. The first kappa shape index (κ1) is 21.6. The number of allylic oxidation sites excluding steroid dienone is 5. The summed E-state index contributed by atoms with van der Waals surface area (Å²) in [6.45, 7) is 2.53. The molecule has 0 heterocycles. The van der Waals surface area contributed by atoms with Crippen LogP contribution in [0.1, 0.15) is 71.1 Å². The molecule has 0 aliphatic heterocycles. The molecule has 0 aromatic carbocycles. The minimum atomic E-state index is -0.178. The second kappa shape index (κ2) is 18.7. The molecule has 132 valence electrons. The summed E-state index contributed by atoms with van der Waals surface area (Å²) in [7, 11) is 0. The number of aliphatic hydroxyl groups is 1. The molecule has 0 aliphatic carbocycles. The molecule has 0 rings (SSSR count). The summed E-state index contributed by atoms with van der Waals surface area (Å²) in [4.78, 5) is 11.2. The Kier molecular flexibility index (Phi) is 17.6. The van der Waals surface area contributed by atoms with Gasteiger partial charge in [-0.2, -0.15) is 0 Å². The molecule has 1 amide bonds. The van der Waals surface area contributed by atoms with Gasteiger partial charge in [0.15, 0.2) is 0 Å². The number of amides is 1. The second-order valence-electron chi connectivity index (χ2n) is 5.80. The molecule has 0 saturated heterocycles. The van der Waals surface area contributed by atoms with Crippen LogP contribution in [-0.4, -0.2) is 24.2 Å². The Balaban J connectivity index is 3.38. The van der Waals surface area contributed by atoms with Gasteiger partial charge >= 0.3 is 0 Å². The van der Waals surface area contributed by atoms with Crippen LogP contribution in [0.4, 0.5) is 0 Å². The van der Waals surface area contributed by atoms with E-state index < -0.39 is 0 Å². The first-order valence-electron chi connectivity index (χ1n) is 9.19. The van der Waals surface area contributed by atoms with Gasteiger partial charge in [0.25, 0.3) is 0 Å². The molecule has 0 bridgehead atoms. The average Bonchev–Trinajstić information content (AvgIpc) is 2.56. The van der Waals surface area contributed by atoms with E-state index in [9.17, 15) is 4.79 Å². The lowest BCUT2D eigenvalue weighted by molar-refractivity contribution is -0.116. The van der Waals surface area contributed by atoms with E-state index in [1.165, 1.54) is 63.9 Å². The van der Waals surface area contributed by atoms with E-state index in [4.69, 9.17) is 5.11 Å². The lowest BCUT2D eigenvalue weighted by atomic mass is 10.1. The fourth-order valence-electron chi connectivity index (χ4n) is 2.26. The van der Waals surface area contributed by atoms with E-state index in [-0.39, 0.29) is 12.5 Å². The molecule has 0 fully saturated rings. The average molecular weight is 322 g/mol. The zero-order valence-electron chi connectivity index (χ0n) is 14.8. The maximum absolute atomic E-state index is 11.2. The Morgan fingerprint density at radius 3 is 2.13 bits per heavy atom. The molecule has 0 spiro atoms. The third-order valence-corrected chi connectivity index (χ3v) is 3.60. The van der Waals surface area contributed by atoms with Crippen molar-refractivity contribution >= 4 is 5.91 Å². The van der Waals surface area contributed by atoms with Crippen LogP contribution in [0.15, 0.2) is 36.5 Å². The molecular weight excluding hydrogens is 286 g/mol. The predicted molar refractivity (Wildman–Crippen MR) is 99.4 cm³/mol. The van der Waals surface area contributed by atoms with E-state index in [2.05, 4.69) is 18.3 Å². The minimum absolute atomic E-state index is 0.0307. The molecule has 2 N–H and O–H groups in total. The van der Waals surface area contributed by atoms with Crippen molar-refractivity contribution in [2.75, 3.05) is 13.2 Å². The molecule has 0 radical (unpaired) electrons. The minimum Gasteiger partial charge on any atom is -0.395 e. The molecule has 0 saturated carbocycles. The van der Waals surface area contributed by atoms with Crippen LogP contribution in [0.3, 0.4) is 0 Å². The maximum atomic E-state index is 11.2. The van der Waals surface area contributed by atoms with Crippen molar-refractivity contribution < 1.29 is 9.90 Å². The largest absolute Gasteiger partial charge is 0.395 e. The van der Waals surface area contributed by atoms with Crippen molar-refractivity contribution in [3.63, 3.8) is 0 Å². The Labute approximate surface area is 142 Å². The quantitative estimate of drug-likeness (QED) is 0.261. The van der Waals surface area contributed by atoms with Gasteiger partial charge in [-0.1, -0.05) is 88.7 Å². The molecule has 0 aromatic heterocycles. The second-order valence-corrected chi connectivity index (χ2v) is 5.80. The predicted octanol–water partition coefficient (Wildman–Crippen LogP) is 4.68. The summed E-state index contributed by atoms with van der Waals surface area (Å²) in [5, 5.41) is 11.1. The fourth-order valence-corrected chi connectivity index (χ4v) is 2.26. The van der Waals surface area contributed by atoms with E-state index >= 15 is 0 Å². The van der Waals surface area contributed by atoms with Crippen molar-refractivity contribution in [1.29, 1.82) is 0 Å². The fraction of sp³-hybridized carbons (Fsp3) is 0.650. The Morgan fingerprint density at radius 2 is 1.48 bits per heavy atom. The maximum Gasteiger partial charge on any atom is 0.244 e. The Hall–Kier alpha value is -1.35. The summed E-state index contributed by atoms with van der Waals surface area (Å²) < 4.78 is 0. The number of carbonyl (C=O) groups excluding carboxylic acids is 1. The van der Waals surface area contributed by atoms with Crippen LogP contribution in [0.5, 0.6) is 0 Å². The molecule has 0 aliphatic rings. The number of rotatable bonds is 15. The van der Waals surface area contributed by atoms with Gasteiger partial charge in [0.05, 0.1) is 6.61 Å². The summed E-state index contributed by atoms with van der Waals surface area (Å²) in [6, 6.07) is 0. The van der Waals surface area contributed by atoms with E-state index in [1.54, 1.807) is 6.08 Å². The zero-order valence-corrected chi connectivity index (χ0v) is 14.8. The third kappa shape index (κ3) is 18.6. The van der Waals surface area contributed by atoms with Crippen LogP contribution in [0, 0.1) is 0 Å². The van der Waals surface area contributed by atoms with Crippen molar-refractivity contribution in [2.45, 2.75) is 71.1 Å². The van der Waals surface area contributed by atoms with Crippen molar-refractivity contribution in [3.8, 4) is 0 Å². The van der Waals surface area contributed by atoms with Gasteiger partial charge in [-0.3, -0.25) is 4.79 Å². The molecule has 0 atom stereocenters. The monoisotopic (exact) mass is 321 g/mol. The topological polar surface area (TPSA) is 49.3 Å². The van der Waals surface area contributed by atoms with E-state index in [1.807, 2.05) is 18.2 Å². The van der Waals surface area contributed by atoms with Crippen molar-refractivity contribution in [2.24, 2.45) is 0 Å². The van der Waals surface area contributed by atoms with Gasteiger partial charge in [-0.05, 0) is 12.8 Å². The molecule has 3 nitrogen and oxygen atoms in total. The Bertz CT molecular complexity index is 346. The van der Waals surface area contributed by atoms with Gasteiger partial charge in [0.1, 0.15) is 0 Å². The smallest absolute Gasteiger partial charge is 0.244 e. The first-order chi connectivity index (χ1) is 11.3. The number of hydrogen-bond donors (Lipinski definition) is 2. The van der Waals surface area contributed by atoms with Gasteiger partial charge < -0.3 is 10.4 Å². The number of nitrogens with one attached hydrogen (secondary N) is 1. The van der Waals surface area contributed by atoms with Crippen LogP contribution >= 0.6 is 0 Å². The third-order valence-electron chi connectivity index (χ3n) is 3.60. The number of carbonyl (C=O) groups is 1. The number of hydrogen-bond acceptors (Lipinski definition) is 2. The molecular formula is C20H35NO2. The summed E-state index contributed by atoms with van der Waals surface area (Å²) >= 11 is 0. The SMILES string of the molecule is CCCCCCCCCCCC=CC=CC=CC(=O)NCCO. The summed E-state index contributed by atoms with van der Waals surface area (Å²) in [6.07, 6.45) is 24.5. The molecule has 0 unspecified atom stereocenters. The molecule has 3 heteroatoms. The first-order valence-corrected chi connectivity index (χ1v) is 9.19. The zero-order chi connectivity index (χ0) is 17.0. The van der Waals surface area contributed by atoms with Gasteiger partial charge in [0, 0.05) is 12.6 Å². The number of aliphatic hydroxyl groups excluding tert-OH is 1. The lowest BCUT2D eigenvalue weighted by Gasteiger charge is -2.00. The Morgan fingerprint density at radius 1 is 0.870 bits per heavy atom. The van der Waals surface area contributed by atoms with Crippen molar-refractivity contribution in [3.05, 3.63) is 36.5 Å². The lowest BCUT2D eigenvalue weighted by Crippen LogP contribution is -2.24. The molecule has 0 aromatic rings. The van der Waals surface area contributed by atoms with Gasteiger partial charge in [-0.15, -0.1) is 0 Å². The summed E-state index contributed by atoms with van der Waals surface area (Å²) in [5.74, 6) is -0.178. The van der Waals surface area contributed by atoms with Crippen LogP contribution in [0.2, 0.25) is 0 Å². The van der Waals surface area contributed by atoms with Gasteiger partial charge in [0.2, 0.25) is 5.91 Å². The van der Waals surface area contributed by atoms with Crippen molar-refractivity contribution in [1.82, 2.24) is 5.32 Å². The highest BCUT2D eigenvalue weighted by Crippen LogP contribution is 2.10. The van der Waals surface area contributed by atoms with Gasteiger partial charge in [-0.25, -0.2) is 0 Å². The standard InChI is InChI=1S/C20H35NO2/c1-2-3-4-5-6-7-8-9-10-11-12-13-14-15-16-17-20(23)21-18-19-22/h12-17,22H,2-11,18-19H2,1H3,(H,21,23). The van der Waals surface area contributed by atoms with Crippen LogP contribution < -0.4 is 5.32 Å². The highest BCUT2D eigenvalue weighted by Gasteiger charge is 1.91. The summed E-state index contributed by atoms with van der Waals surface area (Å²) in [5.41, 5.74) is 0. The highest BCUT2D eigenvalue weighted by molar-refractivity contribution is 5.87. The highest BCUT2D eigenvalue weighted by atomic mass is 16.3. The van der Waals surface area contributed by atoms with Crippen LogP contribution in [-0.2, 0) is 4.79 Å².